The monoisotopic (exact) mass is 432 g/mol. The Labute approximate surface area is 166 Å². The van der Waals surface area contributed by atoms with Gasteiger partial charge in [-0.2, -0.15) is 0 Å². The maximum absolute atomic E-state index is 12.9. The number of fused-ring (bicyclic) bond motifs is 1. The van der Waals surface area contributed by atoms with Gasteiger partial charge in [0.1, 0.15) is 4.88 Å². The number of piperazine rings is 1. The molecule has 2 fully saturated rings. The average molecular weight is 433 g/mol. The summed E-state index contributed by atoms with van der Waals surface area (Å²) in [5.41, 5.74) is 0. The van der Waals surface area contributed by atoms with E-state index >= 15 is 0 Å². The fourth-order valence-electron chi connectivity index (χ4n) is 3.67. The molecular formula is C17H18Cl2N2O3S2. The lowest BCUT2D eigenvalue weighted by Crippen LogP contribution is -2.52. The summed E-state index contributed by atoms with van der Waals surface area (Å²) in [5, 5.41) is 1.95. The van der Waals surface area contributed by atoms with Crippen molar-refractivity contribution in [1.29, 1.82) is 0 Å². The van der Waals surface area contributed by atoms with E-state index in [0.29, 0.717) is 47.5 Å². The number of sulfone groups is 1. The van der Waals surface area contributed by atoms with Crippen LogP contribution in [-0.2, 0) is 9.84 Å². The Morgan fingerprint density at radius 1 is 1.15 bits per heavy atom. The number of hydrogen-bond acceptors (Lipinski definition) is 5. The normalized spacial score (nSPS) is 23.6. The van der Waals surface area contributed by atoms with E-state index in [-0.39, 0.29) is 23.5 Å². The summed E-state index contributed by atoms with van der Waals surface area (Å²) in [7, 11) is -2.89. The standard InChI is InChI=1S/C17H18Cl2N2O3S2/c18-11-1-2-13-14(9-11)25-16(15(13)19)17(22)21-6-4-20(5-7-21)12-3-8-26(23,24)10-12/h1-2,9,12H,3-8,10H2/t12-/m1/s1. The first-order valence-electron chi connectivity index (χ1n) is 8.45. The summed E-state index contributed by atoms with van der Waals surface area (Å²) >= 11 is 13.8. The second-order valence-corrected chi connectivity index (χ2v) is 10.9. The maximum Gasteiger partial charge on any atom is 0.265 e. The third-order valence-electron chi connectivity index (χ3n) is 5.11. The van der Waals surface area contributed by atoms with Crippen LogP contribution in [0.3, 0.4) is 0 Å². The van der Waals surface area contributed by atoms with Crippen LogP contribution in [0, 0.1) is 0 Å². The van der Waals surface area contributed by atoms with E-state index in [1.54, 1.807) is 11.0 Å². The molecule has 3 heterocycles. The van der Waals surface area contributed by atoms with Gasteiger partial charge in [-0.1, -0.05) is 29.3 Å². The minimum absolute atomic E-state index is 0.0639. The van der Waals surface area contributed by atoms with Gasteiger partial charge in [0.15, 0.2) is 9.84 Å². The van der Waals surface area contributed by atoms with Gasteiger partial charge < -0.3 is 4.90 Å². The number of hydrogen-bond donors (Lipinski definition) is 0. The summed E-state index contributed by atoms with van der Waals surface area (Å²) in [6.45, 7) is 2.56. The molecule has 0 spiro atoms. The quantitative estimate of drug-likeness (QED) is 0.730. The minimum atomic E-state index is -2.89. The van der Waals surface area contributed by atoms with Gasteiger partial charge in [-0.25, -0.2) is 8.42 Å². The van der Waals surface area contributed by atoms with E-state index in [0.717, 1.165) is 10.1 Å². The molecule has 0 bridgehead atoms. The van der Waals surface area contributed by atoms with Gasteiger partial charge in [-0.3, -0.25) is 9.69 Å². The molecule has 140 valence electrons. The summed E-state index contributed by atoms with van der Waals surface area (Å²) in [5.74, 6) is 0.451. The third kappa shape index (κ3) is 3.47. The molecule has 4 rings (SSSR count). The molecule has 0 unspecified atom stereocenters. The summed E-state index contributed by atoms with van der Waals surface area (Å²) in [6, 6.07) is 5.52. The van der Waals surface area contributed by atoms with Crippen LogP contribution in [0.1, 0.15) is 16.1 Å². The van der Waals surface area contributed by atoms with Crippen LogP contribution in [0.25, 0.3) is 10.1 Å². The van der Waals surface area contributed by atoms with Gasteiger partial charge in [-0.05, 0) is 18.6 Å². The zero-order valence-corrected chi connectivity index (χ0v) is 17.1. The highest BCUT2D eigenvalue weighted by molar-refractivity contribution is 7.91. The van der Waals surface area contributed by atoms with E-state index in [2.05, 4.69) is 4.90 Å². The van der Waals surface area contributed by atoms with Crippen molar-refractivity contribution in [2.75, 3.05) is 37.7 Å². The van der Waals surface area contributed by atoms with Gasteiger partial charge in [0.2, 0.25) is 0 Å². The molecule has 2 aliphatic rings. The van der Waals surface area contributed by atoms with Crippen LogP contribution in [0.5, 0.6) is 0 Å². The maximum atomic E-state index is 12.9. The lowest BCUT2D eigenvalue weighted by Gasteiger charge is -2.37. The van der Waals surface area contributed by atoms with Gasteiger partial charge in [-0.15, -0.1) is 11.3 Å². The molecule has 5 nitrogen and oxygen atoms in total. The Bertz CT molecular complexity index is 966. The zero-order valence-electron chi connectivity index (χ0n) is 14.0. The fraction of sp³-hybridized carbons (Fsp3) is 0.471. The third-order valence-corrected chi connectivity index (χ3v) is 8.74. The molecule has 0 saturated carbocycles. The summed E-state index contributed by atoms with van der Waals surface area (Å²) in [4.78, 5) is 17.5. The molecular weight excluding hydrogens is 415 g/mol. The van der Waals surface area contributed by atoms with Crippen molar-refractivity contribution in [2.24, 2.45) is 0 Å². The highest BCUT2D eigenvalue weighted by atomic mass is 35.5. The molecule has 0 N–H and O–H groups in total. The number of carbonyl (C=O) groups excluding carboxylic acids is 1. The number of amides is 1. The first-order chi connectivity index (χ1) is 12.3. The summed E-state index contributed by atoms with van der Waals surface area (Å²) in [6.07, 6.45) is 0.694. The fourth-order valence-corrected chi connectivity index (χ4v) is 7.19. The second-order valence-electron chi connectivity index (χ2n) is 6.77. The zero-order chi connectivity index (χ0) is 18.5. The molecule has 1 amide bonds. The lowest BCUT2D eigenvalue weighted by atomic mass is 10.2. The van der Waals surface area contributed by atoms with E-state index in [1.165, 1.54) is 11.3 Å². The molecule has 1 aromatic carbocycles. The predicted molar refractivity (Wildman–Crippen MR) is 106 cm³/mol. The van der Waals surface area contributed by atoms with E-state index < -0.39 is 9.84 Å². The molecule has 2 aliphatic heterocycles. The minimum Gasteiger partial charge on any atom is -0.335 e. The number of benzene rings is 1. The van der Waals surface area contributed by atoms with Crippen LogP contribution in [0.4, 0.5) is 0 Å². The number of carbonyl (C=O) groups is 1. The number of nitrogens with zero attached hydrogens (tertiary/aromatic N) is 2. The van der Waals surface area contributed by atoms with Crippen LogP contribution in [0.15, 0.2) is 18.2 Å². The van der Waals surface area contributed by atoms with E-state index in [1.807, 2.05) is 12.1 Å². The van der Waals surface area contributed by atoms with Crippen molar-refractivity contribution in [3.63, 3.8) is 0 Å². The smallest absolute Gasteiger partial charge is 0.265 e. The van der Waals surface area contributed by atoms with Crippen LogP contribution in [-0.4, -0.2) is 67.9 Å². The largest absolute Gasteiger partial charge is 0.335 e. The van der Waals surface area contributed by atoms with Crippen molar-refractivity contribution in [3.8, 4) is 0 Å². The average Bonchev–Trinajstić information content (AvgIpc) is 3.14. The van der Waals surface area contributed by atoms with Gasteiger partial charge in [0.25, 0.3) is 5.91 Å². The van der Waals surface area contributed by atoms with Crippen LogP contribution in [0.2, 0.25) is 10.0 Å². The van der Waals surface area contributed by atoms with Gasteiger partial charge >= 0.3 is 0 Å². The molecule has 2 saturated heterocycles. The van der Waals surface area contributed by atoms with Crippen LogP contribution >= 0.6 is 34.5 Å². The van der Waals surface area contributed by atoms with E-state index in [4.69, 9.17) is 23.2 Å². The number of halogens is 2. The van der Waals surface area contributed by atoms with Crippen LogP contribution < -0.4 is 0 Å². The SMILES string of the molecule is O=C(c1sc2cc(Cl)ccc2c1Cl)N1CCN([C@@H]2CCS(=O)(=O)C2)CC1. The second kappa shape index (κ2) is 6.95. The molecule has 9 heteroatoms. The molecule has 1 aromatic heterocycles. The van der Waals surface area contributed by atoms with E-state index in [9.17, 15) is 13.2 Å². The van der Waals surface area contributed by atoms with Crippen molar-refractivity contribution >= 4 is 60.4 Å². The highest BCUT2D eigenvalue weighted by Gasteiger charge is 2.35. The number of thiophene rings is 1. The Morgan fingerprint density at radius 2 is 1.88 bits per heavy atom. The lowest BCUT2D eigenvalue weighted by molar-refractivity contribution is 0.0592. The Balaban J connectivity index is 1.46. The van der Waals surface area contributed by atoms with Crippen molar-refractivity contribution in [2.45, 2.75) is 12.5 Å². The first-order valence-corrected chi connectivity index (χ1v) is 11.8. The first kappa shape index (κ1) is 18.5. The van der Waals surface area contributed by atoms with Gasteiger partial charge in [0, 0.05) is 47.3 Å². The molecule has 0 aliphatic carbocycles. The molecule has 1 atom stereocenters. The molecule has 0 radical (unpaired) electrons. The summed E-state index contributed by atoms with van der Waals surface area (Å²) < 4.78 is 24.3. The predicted octanol–water partition coefficient (Wildman–Crippen LogP) is 3.15. The topological polar surface area (TPSA) is 57.7 Å². The highest BCUT2D eigenvalue weighted by Crippen LogP contribution is 2.37. The Hall–Kier alpha value is -0.860. The van der Waals surface area contributed by atoms with Crippen molar-refractivity contribution in [3.05, 3.63) is 33.1 Å². The Morgan fingerprint density at radius 3 is 2.54 bits per heavy atom. The molecule has 26 heavy (non-hydrogen) atoms. The van der Waals surface area contributed by atoms with Crippen molar-refractivity contribution in [1.82, 2.24) is 9.80 Å². The molecule has 2 aromatic rings. The van der Waals surface area contributed by atoms with Gasteiger partial charge in [0.05, 0.1) is 16.5 Å². The number of rotatable bonds is 2. The van der Waals surface area contributed by atoms with Crippen molar-refractivity contribution < 1.29 is 13.2 Å². The Kier molecular flexibility index (Phi) is 4.94.